The first-order chi connectivity index (χ1) is 14.1. The molecule has 0 bridgehead atoms. The lowest BCUT2D eigenvalue weighted by molar-refractivity contribution is 0.0514. The summed E-state index contributed by atoms with van der Waals surface area (Å²) >= 11 is 5.88. The van der Waals surface area contributed by atoms with E-state index < -0.39 is 16.0 Å². The Kier molecular flexibility index (Phi) is 6.40. The molecule has 3 rings (SSSR count). The van der Waals surface area contributed by atoms with Gasteiger partial charge in [0.05, 0.1) is 18.0 Å². The predicted octanol–water partition coefficient (Wildman–Crippen LogP) is 3.51. The minimum absolute atomic E-state index is 0.0975. The quantitative estimate of drug-likeness (QED) is 0.452. The van der Waals surface area contributed by atoms with Crippen LogP contribution in [-0.2, 0) is 21.8 Å². The van der Waals surface area contributed by atoms with Gasteiger partial charge in [0.15, 0.2) is 5.78 Å². The van der Waals surface area contributed by atoms with Crippen LogP contribution >= 0.6 is 11.6 Å². The highest BCUT2D eigenvalue weighted by Gasteiger charge is 2.40. The monoisotopic (exact) mass is 452 g/mol. The summed E-state index contributed by atoms with van der Waals surface area (Å²) in [4.78, 5) is 25.6. The largest absolute Gasteiger partial charge is 0.461 e. The number of carbonyl (C=O) groups excluding carboxylic acids is 2. The van der Waals surface area contributed by atoms with E-state index in [1.807, 2.05) is 0 Å². The van der Waals surface area contributed by atoms with Crippen molar-refractivity contribution in [3.63, 3.8) is 0 Å². The molecule has 1 fully saturated rings. The van der Waals surface area contributed by atoms with E-state index in [0.717, 1.165) is 0 Å². The van der Waals surface area contributed by atoms with Crippen molar-refractivity contribution in [2.24, 2.45) is 7.05 Å². The maximum Gasteiger partial charge on any atom is 0.355 e. The van der Waals surface area contributed by atoms with Crippen LogP contribution in [0.15, 0.2) is 29.2 Å². The van der Waals surface area contributed by atoms with Crippen LogP contribution in [0.1, 0.15) is 51.9 Å². The van der Waals surface area contributed by atoms with Gasteiger partial charge < -0.3 is 9.30 Å². The lowest BCUT2D eigenvalue weighted by atomic mass is 10.1. The number of hydrogen-bond acceptors (Lipinski definition) is 5. The van der Waals surface area contributed by atoms with Crippen molar-refractivity contribution >= 4 is 33.4 Å². The number of carbonyl (C=O) groups is 2. The van der Waals surface area contributed by atoms with Crippen LogP contribution in [-0.4, -0.2) is 48.2 Å². The Labute approximate surface area is 181 Å². The predicted molar refractivity (Wildman–Crippen MR) is 114 cm³/mol. The van der Waals surface area contributed by atoms with Crippen molar-refractivity contribution in [1.29, 1.82) is 0 Å². The average Bonchev–Trinajstić information content (AvgIpc) is 3.48. The summed E-state index contributed by atoms with van der Waals surface area (Å²) < 4.78 is 34.3. The van der Waals surface area contributed by atoms with Gasteiger partial charge in [0, 0.05) is 29.4 Å². The minimum atomic E-state index is -3.86. The third kappa shape index (κ3) is 4.17. The molecule has 30 heavy (non-hydrogen) atoms. The molecule has 162 valence electrons. The van der Waals surface area contributed by atoms with Crippen LogP contribution in [0, 0.1) is 13.8 Å². The first-order valence-electron chi connectivity index (χ1n) is 9.73. The van der Waals surface area contributed by atoms with Gasteiger partial charge in [-0.3, -0.25) is 4.79 Å². The van der Waals surface area contributed by atoms with Gasteiger partial charge in [0.1, 0.15) is 5.69 Å². The number of hydrogen-bond donors (Lipinski definition) is 0. The number of rotatable bonds is 8. The molecular formula is C21H25ClN2O5S. The normalized spacial score (nSPS) is 14.2. The molecule has 2 aromatic rings. The summed E-state index contributed by atoms with van der Waals surface area (Å²) in [5, 5.41) is 0.435. The van der Waals surface area contributed by atoms with E-state index in [-0.39, 0.29) is 29.9 Å². The topological polar surface area (TPSA) is 85.7 Å². The molecule has 1 aromatic heterocycles. The maximum absolute atomic E-state index is 13.2. The molecule has 0 N–H and O–H groups in total. The minimum Gasteiger partial charge on any atom is -0.461 e. The fraction of sp³-hybridized carbons (Fsp3) is 0.429. The van der Waals surface area contributed by atoms with Gasteiger partial charge in [-0.25, -0.2) is 13.2 Å². The van der Waals surface area contributed by atoms with Crippen LogP contribution < -0.4 is 0 Å². The van der Waals surface area contributed by atoms with E-state index >= 15 is 0 Å². The van der Waals surface area contributed by atoms with Gasteiger partial charge in [-0.05, 0) is 63.4 Å². The summed E-state index contributed by atoms with van der Waals surface area (Å²) in [7, 11) is -2.17. The number of esters is 1. The molecule has 1 heterocycles. The highest BCUT2D eigenvalue weighted by molar-refractivity contribution is 7.89. The summed E-state index contributed by atoms with van der Waals surface area (Å²) in [5.41, 5.74) is 1.76. The van der Waals surface area contributed by atoms with Crippen molar-refractivity contribution in [2.45, 2.75) is 44.6 Å². The zero-order valence-electron chi connectivity index (χ0n) is 17.4. The number of ketones is 1. The average molecular weight is 453 g/mol. The third-order valence-electron chi connectivity index (χ3n) is 5.35. The molecule has 1 aliphatic carbocycles. The Bertz CT molecular complexity index is 1090. The lowest BCUT2D eigenvalue weighted by Crippen LogP contribution is -2.37. The Morgan fingerprint density at radius 1 is 1.20 bits per heavy atom. The van der Waals surface area contributed by atoms with E-state index in [4.69, 9.17) is 16.3 Å². The number of halogens is 1. The van der Waals surface area contributed by atoms with E-state index in [1.54, 1.807) is 32.4 Å². The molecule has 1 aliphatic rings. The first-order valence-corrected chi connectivity index (χ1v) is 11.5. The molecule has 7 nitrogen and oxygen atoms in total. The summed E-state index contributed by atoms with van der Waals surface area (Å²) in [6.07, 6.45) is 1.42. The fourth-order valence-corrected chi connectivity index (χ4v) is 5.38. The van der Waals surface area contributed by atoms with Gasteiger partial charge in [0.2, 0.25) is 10.0 Å². The fourth-order valence-electron chi connectivity index (χ4n) is 3.61. The van der Waals surface area contributed by atoms with Crippen molar-refractivity contribution in [2.75, 3.05) is 13.2 Å². The molecule has 0 saturated heterocycles. The molecule has 0 unspecified atom stereocenters. The first kappa shape index (κ1) is 22.5. The zero-order chi connectivity index (χ0) is 22.2. The molecule has 0 atom stereocenters. The van der Waals surface area contributed by atoms with E-state index in [2.05, 4.69) is 0 Å². The van der Waals surface area contributed by atoms with Gasteiger partial charge >= 0.3 is 5.97 Å². The van der Waals surface area contributed by atoms with Crippen LogP contribution in [0.25, 0.3) is 0 Å². The van der Waals surface area contributed by atoms with Crippen LogP contribution in [0.3, 0.4) is 0 Å². The molecule has 1 saturated carbocycles. The van der Waals surface area contributed by atoms with Crippen molar-refractivity contribution in [3.05, 3.63) is 51.8 Å². The highest BCUT2D eigenvalue weighted by atomic mass is 35.5. The summed E-state index contributed by atoms with van der Waals surface area (Å²) in [6.45, 7) is 5.06. The number of benzene rings is 1. The molecular weight excluding hydrogens is 428 g/mol. The van der Waals surface area contributed by atoms with Gasteiger partial charge in [-0.1, -0.05) is 11.6 Å². The molecule has 9 heteroatoms. The molecule has 0 amide bonds. The molecule has 1 aromatic carbocycles. The van der Waals surface area contributed by atoms with Crippen molar-refractivity contribution in [3.8, 4) is 0 Å². The number of sulfonamides is 1. The lowest BCUT2D eigenvalue weighted by Gasteiger charge is -2.21. The van der Waals surface area contributed by atoms with Gasteiger partial charge in [0.25, 0.3) is 0 Å². The van der Waals surface area contributed by atoms with E-state index in [9.17, 15) is 18.0 Å². The SMILES string of the molecule is CCOC(=O)c1c(C)c(C(=O)CN(C2CC2)S(=O)(=O)c2ccc(Cl)cc2)c(C)n1C. The van der Waals surface area contributed by atoms with E-state index in [0.29, 0.717) is 40.4 Å². The van der Waals surface area contributed by atoms with Crippen LogP contribution in [0.2, 0.25) is 5.02 Å². The second kappa shape index (κ2) is 8.53. The van der Waals surface area contributed by atoms with Gasteiger partial charge in [-0.2, -0.15) is 4.31 Å². The number of nitrogens with zero attached hydrogens (tertiary/aromatic N) is 2. The van der Waals surface area contributed by atoms with Crippen LogP contribution in [0.4, 0.5) is 0 Å². The molecule has 0 radical (unpaired) electrons. The molecule has 0 spiro atoms. The van der Waals surface area contributed by atoms with Crippen molar-refractivity contribution < 1.29 is 22.7 Å². The Balaban J connectivity index is 1.95. The van der Waals surface area contributed by atoms with Crippen LogP contribution in [0.5, 0.6) is 0 Å². The Morgan fingerprint density at radius 3 is 2.33 bits per heavy atom. The second-order valence-corrected chi connectivity index (χ2v) is 9.70. The van der Waals surface area contributed by atoms with Gasteiger partial charge in [-0.15, -0.1) is 0 Å². The number of Topliss-reactive ketones (excluding diaryl/α,β-unsaturated/α-hetero) is 1. The standard InChI is InChI=1S/C21H25ClN2O5S/c1-5-29-21(26)20-13(2)19(14(3)23(20)4)18(25)12-24(16-8-9-16)30(27,28)17-10-6-15(22)7-11-17/h6-7,10-11,16H,5,8-9,12H2,1-4H3. The summed E-state index contributed by atoms with van der Waals surface area (Å²) in [6, 6.07) is 5.70. The zero-order valence-corrected chi connectivity index (χ0v) is 19.0. The highest BCUT2D eigenvalue weighted by Crippen LogP contribution is 2.33. The number of ether oxygens (including phenoxy) is 1. The Hall–Kier alpha value is -2.16. The number of aromatic nitrogens is 1. The third-order valence-corrected chi connectivity index (χ3v) is 7.52. The second-order valence-electron chi connectivity index (χ2n) is 7.37. The Morgan fingerprint density at radius 2 is 1.80 bits per heavy atom. The van der Waals surface area contributed by atoms with Crippen molar-refractivity contribution in [1.82, 2.24) is 8.87 Å². The summed E-state index contributed by atoms with van der Waals surface area (Å²) in [5.74, 6) is -0.854. The van der Waals surface area contributed by atoms with E-state index in [1.165, 1.54) is 28.6 Å². The smallest absolute Gasteiger partial charge is 0.355 e. The maximum atomic E-state index is 13.2. The molecule has 0 aliphatic heterocycles.